The maximum Gasteiger partial charge on any atom is 0.244 e. The summed E-state index contributed by atoms with van der Waals surface area (Å²) >= 11 is 0. The predicted molar refractivity (Wildman–Crippen MR) is 157 cm³/mol. The average Bonchev–Trinajstić information content (AvgIpc) is 2.91. The highest BCUT2D eigenvalue weighted by molar-refractivity contribution is 7.92. The van der Waals surface area contributed by atoms with Crippen LogP contribution in [0.1, 0.15) is 42.5 Å². The summed E-state index contributed by atoms with van der Waals surface area (Å²) in [4.78, 5) is 29.2. The van der Waals surface area contributed by atoms with Crippen LogP contribution in [-0.2, 0) is 32.6 Å². The SMILES string of the molecule is CCC(C)NC(=O)C(Cc1ccccc1)N(Cc1ccc(F)cc1)C(=O)CN(c1cc(C)ccc1C)S(C)(=O)=O. The summed E-state index contributed by atoms with van der Waals surface area (Å²) in [6, 6.07) is 19.4. The minimum atomic E-state index is -3.86. The lowest BCUT2D eigenvalue weighted by Gasteiger charge is -2.34. The van der Waals surface area contributed by atoms with Crippen molar-refractivity contribution in [3.05, 3.63) is 101 Å². The molecule has 3 rings (SSSR count). The van der Waals surface area contributed by atoms with Crippen LogP contribution in [-0.4, -0.2) is 50.0 Å². The minimum absolute atomic E-state index is 0.00502. The van der Waals surface area contributed by atoms with E-state index in [2.05, 4.69) is 5.32 Å². The van der Waals surface area contributed by atoms with Gasteiger partial charge in [-0.15, -0.1) is 0 Å². The molecule has 0 heterocycles. The quantitative estimate of drug-likeness (QED) is 0.342. The third-order valence-corrected chi connectivity index (χ3v) is 7.98. The molecular formula is C31H38FN3O4S. The largest absolute Gasteiger partial charge is 0.352 e. The smallest absolute Gasteiger partial charge is 0.244 e. The molecule has 2 atom stereocenters. The molecule has 0 aromatic heterocycles. The Kier molecular flexibility index (Phi) is 10.5. The fraction of sp³-hybridized carbons (Fsp3) is 0.355. The Morgan fingerprint density at radius 3 is 2.20 bits per heavy atom. The number of amides is 2. The maximum absolute atomic E-state index is 14.1. The molecule has 40 heavy (non-hydrogen) atoms. The molecule has 0 spiro atoms. The van der Waals surface area contributed by atoms with Crippen LogP contribution in [0.2, 0.25) is 0 Å². The van der Waals surface area contributed by atoms with Gasteiger partial charge >= 0.3 is 0 Å². The lowest BCUT2D eigenvalue weighted by molar-refractivity contribution is -0.140. The van der Waals surface area contributed by atoms with Crippen LogP contribution < -0.4 is 9.62 Å². The molecule has 0 bridgehead atoms. The lowest BCUT2D eigenvalue weighted by atomic mass is 10.0. The van der Waals surface area contributed by atoms with Crippen LogP contribution >= 0.6 is 0 Å². The number of rotatable bonds is 12. The van der Waals surface area contributed by atoms with Crippen molar-refractivity contribution in [1.29, 1.82) is 0 Å². The highest BCUT2D eigenvalue weighted by atomic mass is 32.2. The van der Waals surface area contributed by atoms with Crippen LogP contribution in [0.5, 0.6) is 0 Å². The van der Waals surface area contributed by atoms with E-state index in [4.69, 9.17) is 0 Å². The van der Waals surface area contributed by atoms with E-state index in [1.807, 2.05) is 57.2 Å². The molecule has 9 heteroatoms. The third-order valence-electron chi connectivity index (χ3n) is 6.85. The zero-order valence-electron chi connectivity index (χ0n) is 23.7. The number of nitrogens with one attached hydrogen (secondary N) is 1. The monoisotopic (exact) mass is 567 g/mol. The van der Waals surface area contributed by atoms with Crippen LogP contribution in [0.25, 0.3) is 0 Å². The summed E-state index contributed by atoms with van der Waals surface area (Å²) in [5.41, 5.74) is 3.41. The van der Waals surface area contributed by atoms with Crippen LogP contribution in [0.15, 0.2) is 72.8 Å². The molecule has 3 aromatic carbocycles. The van der Waals surface area contributed by atoms with Gasteiger partial charge in [-0.2, -0.15) is 0 Å². The molecule has 2 unspecified atom stereocenters. The summed E-state index contributed by atoms with van der Waals surface area (Å²) in [6.07, 6.45) is 1.98. The zero-order chi connectivity index (χ0) is 29.4. The van der Waals surface area contributed by atoms with Gasteiger partial charge in [-0.3, -0.25) is 13.9 Å². The van der Waals surface area contributed by atoms with Crippen molar-refractivity contribution in [1.82, 2.24) is 10.2 Å². The third kappa shape index (κ3) is 8.39. The van der Waals surface area contributed by atoms with Crippen molar-refractivity contribution in [3.63, 3.8) is 0 Å². The number of sulfonamides is 1. The summed E-state index contributed by atoms with van der Waals surface area (Å²) in [5.74, 6) is -1.31. The van der Waals surface area contributed by atoms with Gasteiger partial charge in [0, 0.05) is 19.0 Å². The zero-order valence-corrected chi connectivity index (χ0v) is 24.5. The first-order valence-electron chi connectivity index (χ1n) is 13.3. The van der Waals surface area contributed by atoms with Gasteiger partial charge in [0.05, 0.1) is 11.9 Å². The maximum atomic E-state index is 14.1. The molecule has 2 amide bonds. The van der Waals surface area contributed by atoms with E-state index in [1.54, 1.807) is 31.2 Å². The molecule has 0 aliphatic carbocycles. The highest BCUT2D eigenvalue weighted by Crippen LogP contribution is 2.25. The fourth-order valence-corrected chi connectivity index (χ4v) is 5.26. The Morgan fingerprint density at radius 1 is 0.950 bits per heavy atom. The van der Waals surface area contributed by atoms with Gasteiger partial charge in [-0.05, 0) is 67.6 Å². The Labute approximate surface area is 237 Å². The molecule has 214 valence electrons. The summed E-state index contributed by atoms with van der Waals surface area (Å²) in [7, 11) is -3.86. The molecule has 0 aliphatic rings. The summed E-state index contributed by atoms with van der Waals surface area (Å²) in [5, 5.41) is 2.99. The van der Waals surface area contributed by atoms with Crippen molar-refractivity contribution >= 4 is 27.5 Å². The van der Waals surface area contributed by atoms with Crippen LogP contribution in [0.3, 0.4) is 0 Å². The number of hydrogen-bond donors (Lipinski definition) is 1. The lowest BCUT2D eigenvalue weighted by Crippen LogP contribution is -2.54. The van der Waals surface area contributed by atoms with Crippen LogP contribution in [0.4, 0.5) is 10.1 Å². The summed E-state index contributed by atoms with van der Waals surface area (Å²) in [6.45, 7) is 6.97. The van der Waals surface area contributed by atoms with E-state index < -0.39 is 34.3 Å². The number of anilines is 1. The predicted octanol–water partition coefficient (Wildman–Crippen LogP) is 4.76. The molecule has 1 N–H and O–H groups in total. The van der Waals surface area contributed by atoms with Gasteiger partial charge in [-0.1, -0.05) is 61.5 Å². The van der Waals surface area contributed by atoms with Gasteiger partial charge in [0.1, 0.15) is 18.4 Å². The number of halogens is 1. The second kappa shape index (κ2) is 13.6. The first kappa shape index (κ1) is 30.8. The molecule has 0 fully saturated rings. The van der Waals surface area contributed by atoms with Crippen molar-refractivity contribution in [3.8, 4) is 0 Å². The molecule has 0 saturated carbocycles. The number of nitrogens with zero attached hydrogens (tertiary/aromatic N) is 2. The van der Waals surface area contributed by atoms with E-state index in [1.165, 1.54) is 17.0 Å². The van der Waals surface area contributed by atoms with Gasteiger partial charge < -0.3 is 10.2 Å². The van der Waals surface area contributed by atoms with E-state index in [-0.39, 0.29) is 24.9 Å². The van der Waals surface area contributed by atoms with Crippen molar-refractivity contribution in [2.24, 2.45) is 0 Å². The second-order valence-electron chi connectivity index (χ2n) is 10.2. The van der Waals surface area contributed by atoms with Gasteiger partial charge in [0.25, 0.3) is 0 Å². The fourth-order valence-electron chi connectivity index (χ4n) is 4.36. The normalized spacial score (nSPS) is 12.8. The molecule has 0 saturated heterocycles. The number of benzene rings is 3. The van der Waals surface area contributed by atoms with E-state index in [0.717, 1.165) is 21.7 Å². The van der Waals surface area contributed by atoms with Crippen molar-refractivity contribution in [2.75, 3.05) is 17.1 Å². The number of aryl methyl sites for hydroxylation is 2. The number of carbonyl (C=O) groups excluding carboxylic acids is 2. The Balaban J connectivity index is 2.08. The Bertz CT molecular complexity index is 1410. The van der Waals surface area contributed by atoms with Crippen molar-refractivity contribution < 1.29 is 22.4 Å². The van der Waals surface area contributed by atoms with Gasteiger partial charge in [0.2, 0.25) is 21.8 Å². The Hall–Kier alpha value is -3.72. The molecular weight excluding hydrogens is 529 g/mol. The molecule has 7 nitrogen and oxygen atoms in total. The van der Waals surface area contributed by atoms with Crippen molar-refractivity contribution in [2.45, 2.75) is 59.2 Å². The van der Waals surface area contributed by atoms with E-state index >= 15 is 0 Å². The minimum Gasteiger partial charge on any atom is -0.352 e. The molecule has 3 aromatic rings. The highest BCUT2D eigenvalue weighted by Gasteiger charge is 2.33. The first-order chi connectivity index (χ1) is 18.9. The van der Waals surface area contributed by atoms with E-state index in [0.29, 0.717) is 23.2 Å². The topological polar surface area (TPSA) is 86.8 Å². The van der Waals surface area contributed by atoms with Gasteiger partial charge in [0.15, 0.2) is 0 Å². The Morgan fingerprint density at radius 2 is 1.60 bits per heavy atom. The first-order valence-corrected chi connectivity index (χ1v) is 15.2. The molecule has 0 radical (unpaired) electrons. The number of hydrogen-bond acceptors (Lipinski definition) is 4. The van der Waals surface area contributed by atoms with Gasteiger partial charge in [-0.25, -0.2) is 12.8 Å². The average molecular weight is 568 g/mol. The molecule has 0 aliphatic heterocycles. The second-order valence-corrected chi connectivity index (χ2v) is 12.1. The van der Waals surface area contributed by atoms with E-state index in [9.17, 15) is 22.4 Å². The standard InChI is InChI=1S/C31H38FN3O4S/c1-6-24(4)33-31(37)29(19-25-10-8-7-9-11-25)34(20-26-14-16-27(32)17-15-26)30(36)21-35(40(5,38)39)28-18-22(2)12-13-23(28)3/h7-18,24,29H,6,19-21H2,1-5H3,(H,33,37). The van der Waals surface area contributed by atoms with Crippen LogP contribution in [0, 0.1) is 19.7 Å². The summed E-state index contributed by atoms with van der Waals surface area (Å²) < 4.78 is 40.7. The number of carbonyl (C=O) groups is 2.